The van der Waals surface area contributed by atoms with Crippen LogP contribution in [0.1, 0.15) is 28.8 Å². The fourth-order valence-corrected chi connectivity index (χ4v) is 5.63. The Hall–Kier alpha value is -2.07. The summed E-state index contributed by atoms with van der Waals surface area (Å²) in [5.74, 6) is -0.00343. The Morgan fingerprint density at radius 3 is 2.75 bits per heavy atom. The van der Waals surface area contributed by atoms with E-state index >= 15 is 0 Å². The fraction of sp³-hybridized carbons (Fsp3) is 0.429. The number of anilines is 2. The van der Waals surface area contributed by atoms with Crippen molar-refractivity contribution in [3.05, 3.63) is 45.3 Å². The van der Waals surface area contributed by atoms with Crippen molar-refractivity contribution < 1.29 is 9.69 Å². The van der Waals surface area contributed by atoms with Gasteiger partial charge in [-0.25, -0.2) is 0 Å². The van der Waals surface area contributed by atoms with E-state index in [0.29, 0.717) is 12.1 Å². The highest BCUT2D eigenvalue weighted by Gasteiger charge is 2.25. The van der Waals surface area contributed by atoms with Gasteiger partial charge < -0.3 is 15.1 Å². The molecule has 0 spiro atoms. The number of benzene rings is 1. The number of halogens is 1. The zero-order valence-corrected chi connectivity index (χ0v) is 17.3. The molecule has 146 valence electrons. The average Bonchev–Trinajstić information content (AvgIpc) is 3.06. The molecule has 5 nitrogen and oxygen atoms in total. The minimum Gasteiger partial charge on any atom is -0.359 e. The van der Waals surface area contributed by atoms with Gasteiger partial charge >= 0.3 is 0 Å². The van der Waals surface area contributed by atoms with E-state index in [0.717, 1.165) is 66.7 Å². The van der Waals surface area contributed by atoms with Gasteiger partial charge in [-0.2, -0.15) is 5.26 Å². The molecule has 2 aliphatic rings. The third-order valence-corrected chi connectivity index (χ3v) is 7.14. The van der Waals surface area contributed by atoms with Crippen LogP contribution in [0.15, 0.2) is 24.3 Å². The Bertz CT molecular complexity index is 912. The van der Waals surface area contributed by atoms with Crippen LogP contribution >= 0.6 is 22.9 Å². The highest BCUT2D eigenvalue weighted by atomic mass is 35.5. The van der Waals surface area contributed by atoms with E-state index in [4.69, 9.17) is 11.6 Å². The Labute approximate surface area is 174 Å². The molecule has 1 saturated heterocycles. The first kappa shape index (κ1) is 19.3. The van der Waals surface area contributed by atoms with Gasteiger partial charge in [-0.15, -0.1) is 11.3 Å². The second-order valence-electron chi connectivity index (χ2n) is 7.44. The average molecular weight is 416 g/mol. The molecule has 28 heavy (non-hydrogen) atoms. The van der Waals surface area contributed by atoms with E-state index < -0.39 is 0 Å². The minimum atomic E-state index is -0.00343. The van der Waals surface area contributed by atoms with E-state index in [1.807, 2.05) is 24.3 Å². The normalized spacial score (nSPS) is 17.1. The molecule has 2 heterocycles. The van der Waals surface area contributed by atoms with Gasteiger partial charge in [0.15, 0.2) is 6.54 Å². The van der Waals surface area contributed by atoms with Crippen molar-refractivity contribution in [1.29, 1.82) is 5.26 Å². The topological polar surface area (TPSA) is 60.6 Å². The number of carbonyl (C=O) groups is 1. The number of piperazine rings is 1. The maximum atomic E-state index is 12.6. The first-order valence-corrected chi connectivity index (χ1v) is 11.0. The Morgan fingerprint density at radius 1 is 1.25 bits per heavy atom. The number of amides is 1. The van der Waals surface area contributed by atoms with Crippen molar-refractivity contribution in [2.75, 3.05) is 42.9 Å². The lowest BCUT2D eigenvalue weighted by molar-refractivity contribution is -0.892. The molecular formula is C21H24ClN4OS+. The molecule has 1 aromatic carbocycles. The molecule has 0 radical (unpaired) electrons. The lowest BCUT2D eigenvalue weighted by Gasteiger charge is -2.33. The van der Waals surface area contributed by atoms with Crippen LogP contribution in [0, 0.1) is 11.3 Å². The number of carbonyl (C=O) groups excluding carboxylic acids is 1. The second kappa shape index (κ2) is 8.52. The van der Waals surface area contributed by atoms with Crippen molar-refractivity contribution in [1.82, 2.24) is 0 Å². The van der Waals surface area contributed by atoms with Crippen molar-refractivity contribution in [2.45, 2.75) is 25.7 Å². The van der Waals surface area contributed by atoms with Crippen LogP contribution in [-0.4, -0.2) is 38.6 Å². The lowest BCUT2D eigenvalue weighted by atomic mass is 9.96. The molecular weight excluding hydrogens is 392 g/mol. The summed E-state index contributed by atoms with van der Waals surface area (Å²) in [4.78, 5) is 17.4. The maximum absolute atomic E-state index is 12.6. The number of nitriles is 1. The number of hydrogen-bond acceptors (Lipinski definition) is 4. The number of thiophene rings is 1. The number of aryl methyl sites for hydroxylation is 1. The van der Waals surface area contributed by atoms with Gasteiger partial charge in [-0.3, -0.25) is 4.79 Å². The van der Waals surface area contributed by atoms with Gasteiger partial charge in [0.1, 0.15) is 11.1 Å². The smallest absolute Gasteiger partial charge is 0.280 e. The first-order chi connectivity index (χ1) is 13.7. The van der Waals surface area contributed by atoms with Gasteiger partial charge in [0, 0.05) is 4.88 Å². The van der Waals surface area contributed by atoms with E-state index in [2.05, 4.69) is 16.3 Å². The van der Waals surface area contributed by atoms with E-state index in [9.17, 15) is 10.1 Å². The summed E-state index contributed by atoms with van der Waals surface area (Å²) in [7, 11) is 0. The lowest BCUT2D eigenvalue weighted by Crippen LogP contribution is -3.15. The first-order valence-electron chi connectivity index (χ1n) is 9.83. The van der Waals surface area contributed by atoms with Crippen LogP contribution in [0.4, 0.5) is 10.7 Å². The minimum absolute atomic E-state index is 0.00343. The number of para-hydroxylation sites is 1. The molecule has 1 amide bonds. The standard InChI is InChI=1S/C21H23ClN4OS/c22-17-6-2-3-7-18(17)26-11-9-25(10-12-26)14-20(27)24-21-16(13-23)15-5-1-4-8-19(15)28-21/h2-3,6-7H,1,4-5,8-12,14H2,(H,24,27)/p+1. The summed E-state index contributed by atoms with van der Waals surface area (Å²) in [5, 5.41) is 14.1. The molecule has 0 saturated carbocycles. The number of hydrogen-bond donors (Lipinski definition) is 2. The van der Waals surface area contributed by atoms with Crippen LogP contribution in [0.3, 0.4) is 0 Å². The summed E-state index contributed by atoms with van der Waals surface area (Å²) in [5.41, 5.74) is 2.91. The summed E-state index contributed by atoms with van der Waals surface area (Å²) in [6.07, 6.45) is 4.29. The van der Waals surface area contributed by atoms with Gasteiger partial charge in [-0.1, -0.05) is 23.7 Å². The van der Waals surface area contributed by atoms with Crippen molar-refractivity contribution in [3.8, 4) is 6.07 Å². The summed E-state index contributed by atoms with van der Waals surface area (Å²) >= 11 is 7.89. The number of nitrogens with zero attached hydrogens (tertiary/aromatic N) is 2. The van der Waals surface area contributed by atoms with Gasteiger partial charge in [-0.05, 0) is 43.4 Å². The molecule has 1 aliphatic carbocycles. The zero-order chi connectivity index (χ0) is 19.5. The maximum Gasteiger partial charge on any atom is 0.280 e. The van der Waals surface area contributed by atoms with Gasteiger partial charge in [0.25, 0.3) is 5.91 Å². The number of fused-ring (bicyclic) bond motifs is 1. The molecule has 4 rings (SSSR count). The second-order valence-corrected chi connectivity index (χ2v) is 8.95. The summed E-state index contributed by atoms with van der Waals surface area (Å²) in [6, 6.07) is 10.2. The third-order valence-electron chi connectivity index (χ3n) is 5.61. The van der Waals surface area contributed by atoms with Crippen molar-refractivity contribution >= 4 is 39.5 Å². The van der Waals surface area contributed by atoms with Crippen LogP contribution in [-0.2, 0) is 17.6 Å². The highest BCUT2D eigenvalue weighted by molar-refractivity contribution is 7.16. The fourth-order valence-electron chi connectivity index (χ4n) is 4.12. The summed E-state index contributed by atoms with van der Waals surface area (Å²) < 4.78 is 0. The Kier molecular flexibility index (Phi) is 5.86. The summed E-state index contributed by atoms with van der Waals surface area (Å²) in [6.45, 7) is 3.98. The van der Waals surface area contributed by atoms with Crippen LogP contribution in [0.2, 0.25) is 5.02 Å². The third kappa shape index (κ3) is 4.02. The molecule has 1 aliphatic heterocycles. The molecule has 2 N–H and O–H groups in total. The molecule has 0 unspecified atom stereocenters. The highest BCUT2D eigenvalue weighted by Crippen LogP contribution is 2.37. The number of nitrogens with one attached hydrogen (secondary N) is 2. The van der Waals surface area contributed by atoms with Crippen LogP contribution in [0.25, 0.3) is 0 Å². The number of rotatable bonds is 4. The van der Waals surface area contributed by atoms with Gasteiger partial charge in [0.05, 0.1) is 42.5 Å². The molecule has 0 bridgehead atoms. The van der Waals surface area contributed by atoms with E-state index in [1.54, 1.807) is 11.3 Å². The van der Waals surface area contributed by atoms with E-state index in [-0.39, 0.29) is 5.91 Å². The largest absolute Gasteiger partial charge is 0.359 e. The van der Waals surface area contributed by atoms with Crippen LogP contribution < -0.4 is 15.1 Å². The Balaban J connectivity index is 1.34. The molecule has 1 aromatic heterocycles. The molecule has 2 aromatic rings. The Morgan fingerprint density at radius 2 is 2.00 bits per heavy atom. The zero-order valence-electron chi connectivity index (χ0n) is 15.8. The predicted octanol–water partition coefficient (Wildman–Crippen LogP) is 2.50. The SMILES string of the molecule is N#Cc1c(NC(=O)C[NH+]2CCN(c3ccccc3Cl)CC2)sc2c1CCCC2. The van der Waals surface area contributed by atoms with Crippen LogP contribution in [0.5, 0.6) is 0 Å². The monoisotopic (exact) mass is 415 g/mol. The molecule has 0 atom stereocenters. The van der Waals surface area contributed by atoms with E-state index in [1.165, 1.54) is 16.2 Å². The molecule has 1 fully saturated rings. The quantitative estimate of drug-likeness (QED) is 0.806. The van der Waals surface area contributed by atoms with Gasteiger partial charge in [0.2, 0.25) is 0 Å². The molecule has 7 heteroatoms. The number of quaternary nitrogens is 1. The van der Waals surface area contributed by atoms with Crippen molar-refractivity contribution in [2.24, 2.45) is 0 Å². The van der Waals surface area contributed by atoms with Crippen molar-refractivity contribution in [3.63, 3.8) is 0 Å². The predicted molar refractivity (Wildman–Crippen MR) is 114 cm³/mol.